The Morgan fingerprint density at radius 2 is 1.88 bits per heavy atom. The van der Waals surface area contributed by atoms with Crippen LogP contribution in [0.4, 0.5) is 4.39 Å². The first-order valence-corrected chi connectivity index (χ1v) is 10.6. The van der Waals surface area contributed by atoms with Gasteiger partial charge in [-0.15, -0.1) is 0 Å². The molecule has 0 spiro atoms. The number of phenolic OH excluding ortho intramolecular Hbond substituents is 1. The lowest BCUT2D eigenvalue weighted by atomic mass is 10.0. The summed E-state index contributed by atoms with van der Waals surface area (Å²) in [6, 6.07) is 16.6. The summed E-state index contributed by atoms with van der Waals surface area (Å²) in [5, 5.41) is 10.3. The number of aromatic nitrogens is 2. The van der Waals surface area contributed by atoms with Crippen LogP contribution in [0.3, 0.4) is 0 Å². The summed E-state index contributed by atoms with van der Waals surface area (Å²) in [4.78, 5) is 28.9. The fourth-order valence-corrected chi connectivity index (χ4v) is 4.24. The molecule has 0 aliphatic carbocycles. The minimum absolute atomic E-state index is 0.125. The van der Waals surface area contributed by atoms with Crippen molar-refractivity contribution in [2.45, 2.75) is 19.9 Å². The third kappa shape index (κ3) is 3.59. The maximum atomic E-state index is 14.3. The Bertz CT molecular complexity index is 1630. The molecule has 34 heavy (non-hydrogen) atoms. The lowest BCUT2D eigenvalue weighted by molar-refractivity contribution is 0.0996. The van der Waals surface area contributed by atoms with E-state index in [1.54, 1.807) is 61.5 Å². The van der Waals surface area contributed by atoms with Gasteiger partial charge in [0.2, 0.25) is 0 Å². The Morgan fingerprint density at radius 3 is 2.59 bits per heavy atom. The number of primary amides is 1. The zero-order valence-corrected chi connectivity index (χ0v) is 18.2. The molecule has 0 aliphatic heterocycles. The number of carbonyl (C=O) groups is 1. The Labute approximate surface area is 192 Å². The second-order valence-corrected chi connectivity index (χ2v) is 8.07. The predicted octanol–water partition coefficient (Wildman–Crippen LogP) is 4.30. The van der Waals surface area contributed by atoms with Crippen molar-refractivity contribution in [2.75, 3.05) is 0 Å². The van der Waals surface area contributed by atoms with Crippen LogP contribution in [0.25, 0.3) is 33.4 Å². The van der Waals surface area contributed by atoms with Gasteiger partial charge in [0.25, 0.3) is 5.91 Å². The highest BCUT2D eigenvalue weighted by molar-refractivity contribution is 6.01. The molecule has 0 unspecified atom stereocenters. The molecule has 0 saturated carbocycles. The van der Waals surface area contributed by atoms with Crippen LogP contribution in [0, 0.1) is 12.7 Å². The van der Waals surface area contributed by atoms with Crippen molar-refractivity contribution < 1.29 is 18.7 Å². The molecular formula is C26H20FN3O4. The molecule has 2 aromatic heterocycles. The molecule has 7 nitrogen and oxygen atoms in total. The first kappa shape index (κ1) is 21.4. The quantitative estimate of drug-likeness (QED) is 0.382. The number of halogens is 1. The highest BCUT2D eigenvalue weighted by Crippen LogP contribution is 2.31. The van der Waals surface area contributed by atoms with E-state index in [1.807, 2.05) is 4.57 Å². The summed E-state index contributed by atoms with van der Waals surface area (Å²) in [6.45, 7) is 2.04. The fourth-order valence-electron chi connectivity index (χ4n) is 4.24. The summed E-state index contributed by atoms with van der Waals surface area (Å²) in [5.74, 6) is -0.408. The van der Waals surface area contributed by atoms with Gasteiger partial charge in [0.05, 0.1) is 11.0 Å². The zero-order chi connectivity index (χ0) is 24.0. The summed E-state index contributed by atoms with van der Waals surface area (Å²) < 4.78 is 21.6. The largest absolute Gasteiger partial charge is 0.508 e. The van der Waals surface area contributed by atoms with Crippen molar-refractivity contribution in [3.8, 4) is 17.1 Å². The average molecular weight is 457 g/mol. The predicted molar refractivity (Wildman–Crippen MR) is 126 cm³/mol. The van der Waals surface area contributed by atoms with Gasteiger partial charge in [-0.2, -0.15) is 0 Å². The molecule has 0 saturated heterocycles. The number of hydrogen-bond acceptors (Lipinski definition) is 5. The molecule has 5 rings (SSSR count). The van der Waals surface area contributed by atoms with Gasteiger partial charge in [-0.1, -0.05) is 18.2 Å². The molecule has 8 heteroatoms. The second-order valence-electron chi connectivity index (χ2n) is 8.07. The molecule has 3 N–H and O–H groups in total. The van der Waals surface area contributed by atoms with E-state index in [0.29, 0.717) is 51.9 Å². The number of benzene rings is 3. The molecule has 0 radical (unpaired) electrons. The summed E-state index contributed by atoms with van der Waals surface area (Å²) >= 11 is 0. The molecule has 5 aromatic rings. The number of phenols is 1. The number of nitrogens with zero attached hydrogens (tertiary/aromatic N) is 2. The molecule has 0 atom stereocenters. The number of amides is 1. The van der Waals surface area contributed by atoms with Crippen molar-refractivity contribution >= 4 is 27.9 Å². The number of hydrogen-bond donors (Lipinski definition) is 2. The van der Waals surface area contributed by atoms with Crippen molar-refractivity contribution in [3.63, 3.8) is 0 Å². The van der Waals surface area contributed by atoms with Crippen LogP contribution in [0.2, 0.25) is 0 Å². The number of imidazole rings is 1. The standard InChI is InChI=1S/C26H20FN3O4/c1-14-18-12-20-21(13-22(18)34-26(33)23(14)24(28)32)30(11-10-15-4-2-3-5-19(15)27)25(29-20)16-6-8-17(31)9-7-16/h2-9,12-13,31H,10-11H2,1H3,(H2,28,32). The number of aromatic hydroxyl groups is 1. The van der Waals surface area contributed by atoms with E-state index in [-0.39, 0.29) is 17.1 Å². The van der Waals surface area contributed by atoms with Crippen LogP contribution >= 0.6 is 0 Å². The topological polar surface area (TPSA) is 111 Å². The van der Waals surface area contributed by atoms with Crippen LogP contribution in [-0.4, -0.2) is 20.6 Å². The van der Waals surface area contributed by atoms with Crippen LogP contribution < -0.4 is 11.4 Å². The molecule has 3 aromatic carbocycles. The molecular weight excluding hydrogens is 437 g/mol. The van der Waals surface area contributed by atoms with E-state index in [9.17, 15) is 19.1 Å². The molecule has 0 fully saturated rings. The van der Waals surface area contributed by atoms with E-state index in [2.05, 4.69) is 0 Å². The minimum Gasteiger partial charge on any atom is -0.508 e. The number of rotatable bonds is 5. The lowest BCUT2D eigenvalue weighted by Gasteiger charge is -2.11. The number of carbonyl (C=O) groups excluding carboxylic acids is 1. The van der Waals surface area contributed by atoms with Crippen molar-refractivity contribution in [1.29, 1.82) is 0 Å². The lowest BCUT2D eigenvalue weighted by Crippen LogP contribution is -2.22. The van der Waals surface area contributed by atoms with Gasteiger partial charge >= 0.3 is 5.63 Å². The fraction of sp³-hybridized carbons (Fsp3) is 0.115. The molecule has 2 heterocycles. The van der Waals surface area contributed by atoms with Gasteiger partial charge in [0.1, 0.15) is 28.5 Å². The van der Waals surface area contributed by atoms with E-state index < -0.39 is 11.5 Å². The van der Waals surface area contributed by atoms with Crippen molar-refractivity contribution in [2.24, 2.45) is 5.73 Å². The van der Waals surface area contributed by atoms with E-state index in [1.165, 1.54) is 6.07 Å². The van der Waals surface area contributed by atoms with Gasteiger partial charge in [-0.3, -0.25) is 4.79 Å². The summed E-state index contributed by atoms with van der Waals surface area (Å²) in [7, 11) is 0. The van der Waals surface area contributed by atoms with Gasteiger partial charge in [0.15, 0.2) is 0 Å². The van der Waals surface area contributed by atoms with Crippen LogP contribution in [0.15, 0.2) is 69.9 Å². The number of nitrogens with two attached hydrogens (primary N) is 1. The van der Waals surface area contributed by atoms with E-state index >= 15 is 0 Å². The number of fused-ring (bicyclic) bond motifs is 2. The molecule has 0 bridgehead atoms. The Morgan fingerprint density at radius 1 is 1.15 bits per heavy atom. The highest BCUT2D eigenvalue weighted by Gasteiger charge is 2.20. The molecule has 170 valence electrons. The Kier molecular flexibility index (Phi) is 5.13. The van der Waals surface area contributed by atoms with Crippen molar-refractivity contribution in [1.82, 2.24) is 9.55 Å². The van der Waals surface area contributed by atoms with E-state index in [0.717, 1.165) is 5.56 Å². The van der Waals surface area contributed by atoms with Gasteiger partial charge in [-0.25, -0.2) is 14.2 Å². The van der Waals surface area contributed by atoms with Crippen LogP contribution in [0.5, 0.6) is 5.75 Å². The molecule has 1 amide bonds. The first-order chi connectivity index (χ1) is 16.3. The monoisotopic (exact) mass is 457 g/mol. The highest BCUT2D eigenvalue weighted by atomic mass is 19.1. The SMILES string of the molecule is Cc1c(C(N)=O)c(=O)oc2cc3c(cc12)nc(-c1ccc(O)cc1)n3CCc1ccccc1F. The van der Waals surface area contributed by atoms with Gasteiger partial charge < -0.3 is 19.8 Å². The zero-order valence-electron chi connectivity index (χ0n) is 18.2. The first-order valence-electron chi connectivity index (χ1n) is 10.6. The van der Waals surface area contributed by atoms with E-state index in [4.69, 9.17) is 15.1 Å². The van der Waals surface area contributed by atoms with Crippen molar-refractivity contribution in [3.05, 3.63) is 93.6 Å². The minimum atomic E-state index is -0.853. The maximum Gasteiger partial charge on any atom is 0.349 e. The maximum absolute atomic E-state index is 14.3. The smallest absolute Gasteiger partial charge is 0.349 e. The van der Waals surface area contributed by atoms with Crippen LogP contribution in [0.1, 0.15) is 21.5 Å². The Hall–Kier alpha value is -4.46. The third-order valence-electron chi connectivity index (χ3n) is 5.97. The van der Waals surface area contributed by atoms with Gasteiger partial charge in [0, 0.05) is 23.6 Å². The summed E-state index contributed by atoms with van der Waals surface area (Å²) in [5.41, 5.74) is 7.71. The molecule has 0 aliphatic rings. The third-order valence-corrected chi connectivity index (χ3v) is 5.97. The number of aryl methyl sites for hydroxylation is 3. The second kappa shape index (κ2) is 8.15. The van der Waals surface area contributed by atoms with Gasteiger partial charge in [-0.05, 0) is 60.9 Å². The average Bonchev–Trinajstić information content (AvgIpc) is 3.15. The Balaban J connectivity index is 1.73. The van der Waals surface area contributed by atoms with Crippen LogP contribution in [-0.2, 0) is 13.0 Å². The normalized spacial score (nSPS) is 11.4. The summed E-state index contributed by atoms with van der Waals surface area (Å²) in [6.07, 6.45) is 0.408.